The summed E-state index contributed by atoms with van der Waals surface area (Å²) in [6.45, 7) is 5.12. The number of allylic oxidation sites excluding steroid dienone is 1. The van der Waals surface area contributed by atoms with E-state index in [2.05, 4.69) is 5.32 Å². The Bertz CT molecular complexity index is 1110. The summed E-state index contributed by atoms with van der Waals surface area (Å²) in [7, 11) is 1.20. The average molecular weight is 521 g/mol. The zero-order valence-corrected chi connectivity index (χ0v) is 21.3. The van der Waals surface area contributed by atoms with Crippen molar-refractivity contribution in [3.05, 3.63) is 62.5 Å². The largest absolute Gasteiger partial charge is 0.466 e. The number of thioether (sulfide) groups is 1. The summed E-state index contributed by atoms with van der Waals surface area (Å²) >= 11 is 1.16. The smallest absolute Gasteiger partial charge is 0.336 e. The van der Waals surface area contributed by atoms with Gasteiger partial charge in [0.1, 0.15) is 6.42 Å². The second kappa shape index (κ2) is 13.4. The number of Topliss-reactive ketones (excluding diaryl/α,β-unsaturated/α-hetero) is 1. The van der Waals surface area contributed by atoms with Crippen LogP contribution in [0.5, 0.6) is 0 Å². The Morgan fingerprint density at radius 3 is 2.39 bits per heavy atom. The van der Waals surface area contributed by atoms with Crippen LogP contribution in [-0.2, 0) is 33.4 Å². The highest BCUT2D eigenvalue weighted by molar-refractivity contribution is 8.00. The van der Waals surface area contributed by atoms with E-state index < -0.39 is 28.7 Å². The van der Waals surface area contributed by atoms with Crippen LogP contribution in [0.1, 0.15) is 38.7 Å². The van der Waals surface area contributed by atoms with Gasteiger partial charge < -0.3 is 19.5 Å². The number of carbonyl (C=O) groups excluding carboxylic acids is 4. The lowest BCUT2D eigenvalue weighted by molar-refractivity contribution is -0.384. The number of hydrogen-bond donors (Lipinski definition) is 1. The quantitative estimate of drug-likeness (QED) is 0.142. The molecule has 0 saturated carbocycles. The zero-order valence-electron chi connectivity index (χ0n) is 20.5. The Labute approximate surface area is 212 Å². The number of hydrogen-bond acceptors (Lipinski definition) is 11. The van der Waals surface area contributed by atoms with E-state index >= 15 is 0 Å². The van der Waals surface area contributed by atoms with E-state index in [0.717, 1.165) is 11.8 Å². The van der Waals surface area contributed by atoms with Crippen LogP contribution in [0.15, 0.2) is 46.8 Å². The first-order valence-corrected chi connectivity index (χ1v) is 12.3. The molecule has 194 valence electrons. The SMILES string of the molecule is CCOC(=O)CC(=O)CSCC1=C(C(=O)OCC)C(c2cccc([N+](=O)[O-])c2)C(C(=O)OC)=C(C)N1. The standard InChI is InChI=1S/C24H28N2O9S/c1-5-34-19(28)11-17(27)12-36-13-18-22(24(30)35-6-2)21(20(14(3)25-18)23(29)33-4)15-8-7-9-16(10-15)26(31)32/h7-10,21,25H,5-6,11-13H2,1-4H3. The van der Waals surface area contributed by atoms with Crippen molar-refractivity contribution in [1.29, 1.82) is 0 Å². The first kappa shape index (κ1) is 28.6. The minimum atomic E-state index is -1.01. The highest BCUT2D eigenvalue weighted by Gasteiger charge is 2.39. The third-order valence-electron chi connectivity index (χ3n) is 5.12. The number of nitro benzene ring substituents is 1. The average Bonchev–Trinajstić information content (AvgIpc) is 2.83. The van der Waals surface area contributed by atoms with Crippen LogP contribution in [-0.4, -0.2) is 60.4 Å². The number of methoxy groups -OCH3 is 1. The molecule has 11 nitrogen and oxygen atoms in total. The molecule has 0 bridgehead atoms. The van der Waals surface area contributed by atoms with Crippen LogP contribution >= 0.6 is 11.8 Å². The summed E-state index contributed by atoms with van der Waals surface area (Å²) < 4.78 is 15.0. The number of ether oxygens (including phenoxy) is 3. The molecule has 0 fully saturated rings. The lowest BCUT2D eigenvalue weighted by atomic mass is 9.80. The van der Waals surface area contributed by atoms with Gasteiger partial charge in [0.25, 0.3) is 5.69 Å². The van der Waals surface area contributed by atoms with Crippen LogP contribution in [0.3, 0.4) is 0 Å². The second-order valence-electron chi connectivity index (χ2n) is 7.57. The number of esters is 3. The fourth-order valence-corrected chi connectivity index (χ4v) is 4.55. The van der Waals surface area contributed by atoms with Crippen molar-refractivity contribution < 1.29 is 38.3 Å². The van der Waals surface area contributed by atoms with Crippen LogP contribution in [0.25, 0.3) is 0 Å². The molecule has 0 aliphatic carbocycles. The second-order valence-corrected chi connectivity index (χ2v) is 8.55. The Morgan fingerprint density at radius 1 is 1.08 bits per heavy atom. The van der Waals surface area contributed by atoms with Gasteiger partial charge in [0.2, 0.25) is 0 Å². The lowest BCUT2D eigenvalue weighted by Gasteiger charge is -2.31. The van der Waals surface area contributed by atoms with E-state index in [0.29, 0.717) is 17.0 Å². The number of ketones is 1. The molecule has 1 N–H and O–H groups in total. The summed E-state index contributed by atoms with van der Waals surface area (Å²) in [4.78, 5) is 60.4. The third-order valence-corrected chi connectivity index (χ3v) is 6.14. The molecule has 1 atom stereocenters. The number of nitrogens with one attached hydrogen (secondary N) is 1. The molecular formula is C24H28N2O9S. The first-order valence-electron chi connectivity index (χ1n) is 11.1. The predicted molar refractivity (Wildman–Crippen MR) is 131 cm³/mol. The summed E-state index contributed by atoms with van der Waals surface area (Å²) in [6, 6.07) is 5.63. The van der Waals surface area contributed by atoms with Gasteiger partial charge in [0.05, 0.1) is 48.1 Å². The minimum absolute atomic E-state index is 0.0196. The van der Waals surface area contributed by atoms with E-state index in [1.807, 2.05) is 0 Å². The summed E-state index contributed by atoms with van der Waals surface area (Å²) in [5.74, 6) is -3.28. The molecule has 1 aromatic carbocycles. The number of nitrogens with zero attached hydrogens (tertiary/aromatic N) is 1. The minimum Gasteiger partial charge on any atom is -0.466 e. The fourth-order valence-electron chi connectivity index (χ4n) is 3.68. The molecule has 1 aliphatic rings. The molecule has 2 rings (SSSR count). The van der Waals surface area contributed by atoms with E-state index in [-0.39, 0.29) is 53.8 Å². The normalized spacial score (nSPS) is 15.2. The highest BCUT2D eigenvalue weighted by atomic mass is 32.2. The van der Waals surface area contributed by atoms with Crippen LogP contribution in [0.4, 0.5) is 5.69 Å². The lowest BCUT2D eigenvalue weighted by Crippen LogP contribution is -2.34. The monoisotopic (exact) mass is 520 g/mol. The molecule has 0 radical (unpaired) electrons. The van der Waals surface area contributed by atoms with Crippen molar-refractivity contribution >= 4 is 41.1 Å². The zero-order chi connectivity index (χ0) is 26.8. The number of nitro groups is 1. The summed E-state index contributed by atoms with van der Waals surface area (Å²) in [5.41, 5.74) is 1.07. The molecule has 1 aromatic rings. The van der Waals surface area contributed by atoms with Crippen LogP contribution in [0, 0.1) is 10.1 Å². The number of non-ortho nitro benzene ring substituents is 1. The van der Waals surface area contributed by atoms with Crippen LogP contribution in [0.2, 0.25) is 0 Å². The number of dihydropyridines is 1. The molecule has 0 amide bonds. The number of benzene rings is 1. The van der Waals surface area contributed by atoms with Crippen LogP contribution < -0.4 is 5.32 Å². The summed E-state index contributed by atoms with van der Waals surface area (Å²) in [6.07, 6.45) is -0.361. The van der Waals surface area contributed by atoms with E-state index in [9.17, 15) is 29.3 Å². The van der Waals surface area contributed by atoms with Gasteiger partial charge in [-0.25, -0.2) is 9.59 Å². The number of rotatable bonds is 12. The van der Waals surface area contributed by atoms with E-state index in [1.54, 1.807) is 26.8 Å². The maximum absolute atomic E-state index is 13.1. The van der Waals surface area contributed by atoms with E-state index in [4.69, 9.17) is 14.2 Å². The molecule has 36 heavy (non-hydrogen) atoms. The first-order chi connectivity index (χ1) is 17.1. The molecule has 0 aromatic heterocycles. The van der Waals surface area contributed by atoms with Gasteiger partial charge >= 0.3 is 17.9 Å². The topological polar surface area (TPSA) is 151 Å². The summed E-state index contributed by atoms with van der Waals surface area (Å²) in [5, 5.41) is 14.4. The highest BCUT2D eigenvalue weighted by Crippen LogP contribution is 2.40. The third kappa shape index (κ3) is 7.17. The van der Waals surface area contributed by atoms with Gasteiger partial charge in [-0.05, 0) is 26.3 Å². The molecule has 1 aliphatic heterocycles. The molecule has 0 saturated heterocycles. The molecule has 1 heterocycles. The Kier molecular flexibility index (Phi) is 10.7. The Morgan fingerprint density at radius 2 is 1.78 bits per heavy atom. The molecule has 1 unspecified atom stereocenters. The van der Waals surface area contributed by atoms with Crippen molar-refractivity contribution in [2.45, 2.75) is 33.1 Å². The van der Waals surface area contributed by atoms with Crippen molar-refractivity contribution in [3.63, 3.8) is 0 Å². The Balaban J connectivity index is 2.50. The molecular weight excluding hydrogens is 492 g/mol. The van der Waals surface area contributed by atoms with Crippen molar-refractivity contribution in [1.82, 2.24) is 5.32 Å². The number of carbonyl (C=O) groups is 4. The Hall–Kier alpha value is -3.67. The van der Waals surface area contributed by atoms with Crippen molar-refractivity contribution in [3.8, 4) is 0 Å². The fraction of sp³-hybridized carbons (Fsp3) is 0.417. The van der Waals surface area contributed by atoms with E-state index in [1.165, 1.54) is 25.3 Å². The maximum Gasteiger partial charge on any atom is 0.336 e. The van der Waals surface area contributed by atoms with Gasteiger partial charge in [-0.1, -0.05) is 12.1 Å². The molecule has 12 heteroatoms. The molecule has 0 spiro atoms. The van der Waals surface area contributed by atoms with Gasteiger partial charge in [-0.2, -0.15) is 0 Å². The maximum atomic E-state index is 13.1. The van der Waals surface area contributed by atoms with Crippen molar-refractivity contribution in [2.75, 3.05) is 31.8 Å². The van der Waals surface area contributed by atoms with Gasteiger partial charge in [0, 0.05) is 29.3 Å². The predicted octanol–water partition coefficient (Wildman–Crippen LogP) is 2.80. The van der Waals surface area contributed by atoms with Gasteiger partial charge in [0.15, 0.2) is 5.78 Å². The van der Waals surface area contributed by atoms with Crippen molar-refractivity contribution in [2.24, 2.45) is 0 Å². The van der Waals surface area contributed by atoms with Gasteiger partial charge in [-0.3, -0.25) is 19.7 Å². The van der Waals surface area contributed by atoms with Gasteiger partial charge in [-0.15, -0.1) is 11.8 Å².